The lowest BCUT2D eigenvalue weighted by Gasteiger charge is -2.02. The topological polar surface area (TPSA) is 46.2 Å². The molecule has 0 atom stereocenters. The van der Waals surface area contributed by atoms with Gasteiger partial charge >= 0.3 is 0 Å². The minimum atomic E-state index is 0.632. The molecular weight excluding hydrogens is 258 g/mol. The lowest BCUT2D eigenvalue weighted by Crippen LogP contribution is -2.01. The molecule has 1 N–H and O–H groups in total. The van der Waals surface area contributed by atoms with E-state index in [9.17, 15) is 0 Å². The standard InChI is InChI=1S/C14H11N3OS/c1-2-12-15-16-14(19)9-7-11-13(17(9)12)8-5-3-4-6-10(8)18-11/h3-7H,2H2,1H3,(H,16,19). The molecular formula is C14H11N3OS. The molecule has 0 aliphatic rings. The zero-order valence-corrected chi connectivity index (χ0v) is 11.1. The molecule has 0 unspecified atom stereocenters. The molecule has 0 radical (unpaired) electrons. The van der Waals surface area contributed by atoms with Crippen molar-refractivity contribution >= 4 is 39.8 Å². The summed E-state index contributed by atoms with van der Waals surface area (Å²) in [5.74, 6) is 0.949. The quantitative estimate of drug-likeness (QED) is 0.534. The maximum Gasteiger partial charge on any atom is 0.154 e. The van der Waals surface area contributed by atoms with Gasteiger partial charge in [0.15, 0.2) is 5.58 Å². The highest BCUT2D eigenvalue weighted by molar-refractivity contribution is 7.71. The van der Waals surface area contributed by atoms with Gasteiger partial charge in [0.2, 0.25) is 0 Å². The van der Waals surface area contributed by atoms with E-state index in [1.807, 2.05) is 24.3 Å². The van der Waals surface area contributed by atoms with Crippen molar-refractivity contribution in [1.29, 1.82) is 0 Å². The first-order valence-electron chi connectivity index (χ1n) is 6.20. The van der Waals surface area contributed by atoms with Gasteiger partial charge in [0, 0.05) is 17.9 Å². The van der Waals surface area contributed by atoms with Crippen LogP contribution < -0.4 is 0 Å². The van der Waals surface area contributed by atoms with Crippen LogP contribution in [0.2, 0.25) is 0 Å². The van der Waals surface area contributed by atoms with Crippen LogP contribution >= 0.6 is 12.2 Å². The monoisotopic (exact) mass is 269 g/mol. The Balaban J connectivity index is 2.37. The number of H-pyrrole nitrogens is 1. The Morgan fingerprint density at radius 2 is 2.16 bits per heavy atom. The van der Waals surface area contributed by atoms with E-state index in [1.54, 1.807) is 0 Å². The predicted molar refractivity (Wildman–Crippen MR) is 77.0 cm³/mol. The first kappa shape index (κ1) is 10.8. The molecule has 3 heterocycles. The molecule has 19 heavy (non-hydrogen) atoms. The normalized spacial score (nSPS) is 11.8. The molecule has 0 aliphatic carbocycles. The SMILES string of the molecule is CCc1n[nH]c(=S)c2cc3oc4ccccc4c3n12. The van der Waals surface area contributed by atoms with Crippen LogP contribution in [0.4, 0.5) is 0 Å². The van der Waals surface area contributed by atoms with E-state index in [0.29, 0.717) is 4.64 Å². The Labute approximate surface area is 113 Å². The number of benzene rings is 1. The summed E-state index contributed by atoms with van der Waals surface area (Å²) in [7, 11) is 0. The van der Waals surface area contributed by atoms with E-state index in [4.69, 9.17) is 16.6 Å². The Hall–Kier alpha value is -2.14. The number of hydrogen-bond acceptors (Lipinski definition) is 3. The zero-order valence-electron chi connectivity index (χ0n) is 10.3. The summed E-state index contributed by atoms with van der Waals surface area (Å²) in [5.41, 5.74) is 3.74. The Morgan fingerprint density at radius 1 is 1.32 bits per heavy atom. The minimum absolute atomic E-state index is 0.632. The summed E-state index contributed by atoms with van der Waals surface area (Å²) in [5, 5.41) is 8.31. The second-order valence-corrected chi connectivity index (χ2v) is 4.91. The number of fused-ring (bicyclic) bond motifs is 5. The van der Waals surface area contributed by atoms with Gasteiger partial charge in [-0.25, -0.2) is 0 Å². The molecule has 3 aromatic heterocycles. The number of rotatable bonds is 1. The first-order chi connectivity index (χ1) is 9.29. The van der Waals surface area contributed by atoms with Crippen LogP contribution in [0.25, 0.3) is 27.6 Å². The van der Waals surface area contributed by atoms with Crippen molar-refractivity contribution in [3.05, 3.63) is 40.8 Å². The second-order valence-electron chi connectivity index (χ2n) is 4.50. The summed E-state index contributed by atoms with van der Waals surface area (Å²) in [6.07, 6.45) is 0.825. The number of para-hydroxylation sites is 1. The van der Waals surface area contributed by atoms with Crippen LogP contribution in [0.1, 0.15) is 12.7 Å². The summed E-state index contributed by atoms with van der Waals surface area (Å²) >= 11 is 5.31. The number of aryl methyl sites for hydroxylation is 1. The van der Waals surface area contributed by atoms with Crippen LogP contribution in [0.5, 0.6) is 0 Å². The molecule has 0 saturated carbocycles. The second kappa shape index (κ2) is 3.68. The highest BCUT2D eigenvalue weighted by atomic mass is 32.1. The average molecular weight is 269 g/mol. The van der Waals surface area contributed by atoms with Crippen LogP contribution in [0, 0.1) is 4.64 Å². The highest BCUT2D eigenvalue weighted by Gasteiger charge is 2.15. The maximum absolute atomic E-state index is 5.88. The van der Waals surface area contributed by atoms with Gasteiger partial charge in [-0.1, -0.05) is 31.3 Å². The lowest BCUT2D eigenvalue weighted by molar-refractivity contribution is 0.669. The molecule has 0 saturated heterocycles. The molecule has 0 spiro atoms. The van der Waals surface area contributed by atoms with Crippen molar-refractivity contribution in [1.82, 2.24) is 14.6 Å². The number of furan rings is 1. The fourth-order valence-corrected chi connectivity index (χ4v) is 2.78. The van der Waals surface area contributed by atoms with Gasteiger partial charge in [-0.05, 0) is 12.1 Å². The number of aromatic amines is 1. The molecule has 0 fully saturated rings. The molecule has 94 valence electrons. The van der Waals surface area contributed by atoms with Gasteiger partial charge < -0.3 is 4.42 Å². The van der Waals surface area contributed by atoms with Crippen LogP contribution in [0.15, 0.2) is 34.7 Å². The van der Waals surface area contributed by atoms with E-state index in [1.165, 1.54) is 0 Å². The van der Waals surface area contributed by atoms with Crippen molar-refractivity contribution in [3.8, 4) is 0 Å². The lowest BCUT2D eigenvalue weighted by atomic mass is 10.2. The summed E-state index contributed by atoms with van der Waals surface area (Å²) < 4.78 is 8.61. The predicted octanol–water partition coefficient (Wildman–Crippen LogP) is 3.85. The van der Waals surface area contributed by atoms with E-state index >= 15 is 0 Å². The van der Waals surface area contributed by atoms with Gasteiger partial charge in [-0.3, -0.25) is 9.50 Å². The molecule has 0 bridgehead atoms. The van der Waals surface area contributed by atoms with Crippen LogP contribution in [0.3, 0.4) is 0 Å². The molecule has 1 aromatic carbocycles. The number of nitrogens with zero attached hydrogens (tertiary/aromatic N) is 2. The molecule has 5 heteroatoms. The Morgan fingerprint density at radius 3 is 3.00 bits per heavy atom. The summed E-state index contributed by atoms with van der Waals surface area (Å²) in [6.45, 7) is 2.08. The Kier molecular flexibility index (Phi) is 2.08. The molecule has 0 amide bonds. The number of aromatic nitrogens is 3. The summed E-state index contributed by atoms with van der Waals surface area (Å²) in [6, 6.07) is 10.0. The van der Waals surface area contributed by atoms with Crippen molar-refractivity contribution < 1.29 is 4.42 Å². The van der Waals surface area contributed by atoms with Crippen molar-refractivity contribution in [3.63, 3.8) is 0 Å². The number of nitrogens with one attached hydrogen (secondary N) is 1. The van der Waals surface area contributed by atoms with Gasteiger partial charge in [-0.2, -0.15) is 5.10 Å². The van der Waals surface area contributed by atoms with Gasteiger partial charge in [0.05, 0.1) is 5.52 Å². The smallest absolute Gasteiger partial charge is 0.154 e. The highest BCUT2D eigenvalue weighted by Crippen LogP contribution is 2.31. The fraction of sp³-hybridized carbons (Fsp3) is 0.143. The maximum atomic E-state index is 5.88. The van der Waals surface area contributed by atoms with E-state index in [-0.39, 0.29) is 0 Å². The van der Waals surface area contributed by atoms with Crippen LogP contribution in [-0.4, -0.2) is 14.6 Å². The van der Waals surface area contributed by atoms with Gasteiger partial charge in [-0.15, -0.1) is 0 Å². The third-order valence-electron chi connectivity index (χ3n) is 3.42. The van der Waals surface area contributed by atoms with Crippen LogP contribution in [-0.2, 0) is 6.42 Å². The van der Waals surface area contributed by atoms with Crippen molar-refractivity contribution in [2.24, 2.45) is 0 Å². The van der Waals surface area contributed by atoms with E-state index in [0.717, 1.165) is 39.8 Å². The van der Waals surface area contributed by atoms with Crippen molar-refractivity contribution in [2.75, 3.05) is 0 Å². The number of hydrogen-bond donors (Lipinski definition) is 1. The largest absolute Gasteiger partial charge is 0.454 e. The first-order valence-corrected chi connectivity index (χ1v) is 6.60. The molecule has 4 rings (SSSR count). The zero-order chi connectivity index (χ0) is 13.0. The Bertz CT molecular complexity index is 977. The molecule has 4 aromatic rings. The summed E-state index contributed by atoms with van der Waals surface area (Å²) in [4.78, 5) is 0. The van der Waals surface area contributed by atoms with E-state index < -0.39 is 0 Å². The minimum Gasteiger partial charge on any atom is -0.454 e. The van der Waals surface area contributed by atoms with Gasteiger partial charge in [0.25, 0.3) is 0 Å². The third kappa shape index (κ3) is 1.33. The average Bonchev–Trinajstić information content (AvgIpc) is 2.96. The molecule has 4 nitrogen and oxygen atoms in total. The van der Waals surface area contributed by atoms with E-state index in [2.05, 4.69) is 27.6 Å². The fourth-order valence-electron chi connectivity index (χ4n) is 2.58. The van der Waals surface area contributed by atoms with Gasteiger partial charge in [0.1, 0.15) is 21.6 Å². The van der Waals surface area contributed by atoms with Crippen molar-refractivity contribution in [2.45, 2.75) is 13.3 Å². The molecule has 0 aliphatic heterocycles. The third-order valence-corrected chi connectivity index (χ3v) is 3.72.